The number of hydrogen-bond acceptors (Lipinski definition) is 6. The van der Waals surface area contributed by atoms with Gasteiger partial charge in [0.2, 0.25) is 0 Å². The Kier molecular flexibility index (Phi) is 3.19. The van der Waals surface area contributed by atoms with Crippen LogP contribution in [0.5, 0.6) is 0 Å². The summed E-state index contributed by atoms with van der Waals surface area (Å²) in [6.07, 6.45) is 0. The molecule has 1 rings (SSSR count). The highest BCUT2D eigenvalue weighted by molar-refractivity contribution is 7.17. The van der Waals surface area contributed by atoms with Gasteiger partial charge in [0.1, 0.15) is 4.88 Å². The number of aromatic nitrogens is 1. The maximum absolute atomic E-state index is 11.1. The topological polar surface area (TPSA) is 59.5 Å². The monoisotopic (exact) mass is 214 g/mol. The van der Waals surface area contributed by atoms with E-state index in [1.165, 1.54) is 13.2 Å². The zero-order valence-electron chi connectivity index (χ0n) is 8.10. The Morgan fingerprint density at radius 1 is 1.57 bits per heavy atom. The first-order chi connectivity index (χ1) is 6.54. The van der Waals surface area contributed by atoms with Crippen molar-refractivity contribution in [2.24, 2.45) is 0 Å². The molecule has 14 heavy (non-hydrogen) atoms. The van der Waals surface area contributed by atoms with Crippen molar-refractivity contribution >= 4 is 22.4 Å². The molecule has 0 amide bonds. The molecule has 5 nitrogen and oxygen atoms in total. The summed E-state index contributed by atoms with van der Waals surface area (Å²) < 4.78 is 4.51. The van der Waals surface area contributed by atoms with Gasteiger partial charge in [-0.05, 0) is 0 Å². The van der Waals surface area contributed by atoms with Crippen LogP contribution in [0.15, 0.2) is 10.9 Å². The first-order valence-corrected chi connectivity index (χ1v) is 4.64. The first kappa shape index (κ1) is 10.6. The van der Waals surface area contributed by atoms with Gasteiger partial charge in [0.25, 0.3) is 5.56 Å². The first-order valence-electron chi connectivity index (χ1n) is 3.82. The SMILES string of the molecule is COC(=O)c1cc(=O)nc(N(C)C)s1. The van der Waals surface area contributed by atoms with Crippen LogP contribution < -0.4 is 10.5 Å². The lowest BCUT2D eigenvalue weighted by Crippen LogP contribution is -2.16. The fourth-order valence-electron chi connectivity index (χ4n) is 0.782. The van der Waals surface area contributed by atoms with E-state index < -0.39 is 11.5 Å². The van der Waals surface area contributed by atoms with Gasteiger partial charge in [0, 0.05) is 20.2 Å². The van der Waals surface area contributed by atoms with E-state index in [-0.39, 0.29) is 4.88 Å². The van der Waals surface area contributed by atoms with E-state index in [1.807, 2.05) is 0 Å². The standard InChI is InChI=1S/C8H10N2O3S/c1-10(2)8-9-6(11)4-5(14-8)7(12)13-3/h4H,1-3H3. The second kappa shape index (κ2) is 4.19. The van der Waals surface area contributed by atoms with Gasteiger partial charge in [-0.15, -0.1) is 0 Å². The summed E-state index contributed by atoms with van der Waals surface area (Å²) in [4.78, 5) is 27.9. The number of methoxy groups -OCH3 is 1. The minimum atomic E-state index is -0.516. The minimum absolute atomic E-state index is 0.260. The zero-order chi connectivity index (χ0) is 10.7. The molecule has 1 aromatic heterocycles. The number of esters is 1. The Hall–Kier alpha value is -1.43. The Balaban J connectivity index is 3.20. The van der Waals surface area contributed by atoms with E-state index in [0.717, 1.165) is 11.3 Å². The molecule has 76 valence electrons. The fourth-order valence-corrected chi connectivity index (χ4v) is 1.62. The largest absolute Gasteiger partial charge is 0.465 e. The van der Waals surface area contributed by atoms with Gasteiger partial charge >= 0.3 is 5.97 Å². The lowest BCUT2D eigenvalue weighted by molar-refractivity contribution is 0.0606. The van der Waals surface area contributed by atoms with Gasteiger partial charge in [-0.2, -0.15) is 4.98 Å². The molecular weight excluding hydrogens is 204 g/mol. The van der Waals surface area contributed by atoms with Crippen molar-refractivity contribution in [3.8, 4) is 0 Å². The number of hydrogen-bond donors (Lipinski definition) is 0. The third-order valence-electron chi connectivity index (χ3n) is 1.43. The molecule has 1 aromatic rings. The van der Waals surface area contributed by atoms with Gasteiger partial charge in [0.05, 0.1) is 7.11 Å². The van der Waals surface area contributed by atoms with Gasteiger partial charge in [-0.3, -0.25) is 4.79 Å². The summed E-state index contributed by atoms with van der Waals surface area (Å²) in [5.41, 5.74) is -0.437. The molecule has 0 aromatic carbocycles. The predicted molar refractivity (Wildman–Crippen MR) is 54.1 cm³/mol. The Labute approximate surface area is 85.0 Å². The number of carbonyl (C=O) groups excluding carboxylic acids is 1. The summed E-state index contributed by atoms with van der Waals surface area (Å²) in [5.74, 6) is -0.516. The lowest BCUT2D eigenvalue weighted by atomic mass is 10.5. The fraction of sp³-hybridized carbons (Fsp3) is 0.375. The van der Waals surface area contributed by atoms with E-state index in [0.29, 0.717) is 5.13 Å². The Bertz CT molecular complexity index is 400. The molecular formula is C8H10N2O3S. The van der Waals surface area contributed by atoms with E-state index in [1.54, 1.807) is 19.0 Å². The summed E-state index contributed by atoms with van der Waals surface area (Å²) in [7, 11) is 4.77. The summed E-state index contributed by atoms with van der Waals surface area (Å²) in [5, 5.41) is 0.484. The van der Waals surface area contributed by atoms with Crippen LogP contribution in [0.4, 0.5) is 5.13 Å². The molecule has 0 N–H and O–H groups in total. The molecule has 0 aliphatic carbocycles. The van der Waals surface area contributed by atoms with Crippen molar-refractivity contribution in [2.75, 3.05) is 26.1 Å². The highest BCUT2D eigenvalue weighted by atomic mass is 32.1. The number of anilines is 1. The molecule has 0 fully saturated rings. The van der Waals surface area contributed by atoms with Crippen molar-refractivity contribution in [3.63, 3.8) is 0 Å². The molecule has 0 saturated heterocycles. The van der Waals surface area contributed by atoms with Gasteiger partial charge in [0.15, 0.2) is 5.13 Å². The molecule has 0 saturated carbocycles. The summed E-state index contributed by atoms with van der Waals surface area (Å²) >= 11 is 1.12. The normalized spacial score (nSPS) is 9.64. The highest BCUT2D eigenvalue weighted by Crippen LogP contribution is 2.16. The molecule has 0 aliphatic heterocycles. The van der Waals surface area contributed by atoms with Crippen molar-refractivity contribution in [1.82, 2.24) is 4.98 Å². The van der Waals surface area contributed by atoms with Gasteiger partial charge < -0.3 is 9.64 Å². The van der Waals surface area contributed by atoms with E-state index in [9.17, 15) is 9.59 Å². The molecule has 0 radical (unpaired) electrons. The van der Waals surface area contributed by atoms with Gasteiger partial charge in [-0.1, -0.05) is 11.3 Å². The van der Waals surface area contributed by atoms with E-state index in [2.05, 4.69) is 9.72 Å². The second-order valence-electron chi connectivity index (χ2n) is 2.73. The molecule has 0 atom stereocenters. The van der Waals surface area contributed by atoms with Crippen LogP contribution in [0, 0.1) is 0 Å². The minimum Gasteiger partial charge on any atom is -0.465 e. The van der Waals surface area contributed by atoms with Crippen LogP contribution in [0.25, 0.3) is 0 Å². The average Bonchev–Trinajstić information content (AvgIpc) is 2.15. The Morgan fingerprint density at radius 2 is 2.21 bits per heavy atom. The van der Waals surface area contributed by atoms with Crippen molar-refractivity contribution in [2.45, 2.75) is 0 Å². The van der Waals surface area contributed by atoms with Crippen molar-refractivity contribution in [3.05, 3.63) is 21.3 Å². The molecule has 0 aliphatic rings. The van der Waals surface area contributed by atoms with Crippen LogP contribution in [-0.4, -0.2) is 32.2 Å². The maximum Gasteiger partial charge on any atom is 0.348 e. The van der Waals surface area contributed by atoms with Crippen LogP contribution >= 0.6 is 11.3 Å². The number of nitrogens with zero attached hydrogens (tertiary/aromatic N) is 2. The summed E-state index contributed by atoms with van der Waals surface area (Å²) in [6.45, 7) is 0. The highest BCUT2D eigenvalue weighted by Gasteiger charge is 2.10. The average molecular weight is 214 g/mol. The summed E-state index contributed by atoms with van der Waals surface area (Å²) in [6, 6.07) is 1.17. The van der Waals surface area contributed by atoms with Crippen LogP contribution in [-0.2, 0) is 4.74 Å². The molecule has 6 heteroatoms. The van der Waals surface area contributed by atoms with Crippen LogP contribution in [0.3, 0.4) is 0 Å². The van der Waals surface area contributed by atoms with Crippen LogP contribution in [0.1, 0.15) is 9.67 Å². The zero-order valence-corrected chi connectivity index (χ0v) is 8.92. The van der Waals surface area contributed by atoms with E-state index in [4.69, 9.17) is 0 Å². The van der Waals surface area contributed by atoms with Crippen molar-refractivity contribution < 1.29 is 9.53 Å². The third-order valence-corrected chi connectivity index (χ3v) is 2.57. The molecule has 1 heterocycles. The maximum atomic E-state index is 11.1. The van der Waals surface area contributed by atoms with Gasteiger partial charge in [-0.25, -0.2) is 4.79 Å². The third kappa shape index (κ3) is 2.29. The number of rotatable bonds is 2. The van der Waals surface area contributed by atoms with Crippen LogP contribution in [0.2, 0.25) is 0 Å². The molecule has 0 bridgehead atoms. The van der Waals surface area contributed by atoms with E-state index >= 15 is 0 Å². The smallest absolute Gasteiger partial charge is 0.348 e. The second-order valence-corrected chi connectivity index (χ2v) is 3.74. The molecule has 0 unspecified atom stereocenters. The molecule has 0 spiro atoms. The number of ether oxygens (including phenoxy) is 1. The number of carbonyl (C=O) groups is 1. The lowest BCUT2D eigenvalue weighted by Gasteiger charge is -2.09. The van der Waals surface area contributed by atoms with Crippen molar-refractivity contribution in [1.29, 1.82) is 0 Å². The Morgan fingerprint density at radius 3 is 2.71 bits per heavy atom. The quantitative estimate of drug-likeness (QED) is 0.665. The predicted octanol–water partition coefficient (Wildman–Crippen LogP) is 0.356.